The van der Waals surface area contributed by atoms with Gasteiger partial charge in [-0.05, 0) is 39.3 Å². The zero-order valence-electron chi connectivity index (χ0n) is 11.3. The molecule has 0 saturated carbocycles. The molecule has 0 N–H and O–H groups in total. The molecule has 1 aromatic heterocycles. The van der Waals surface area contributed by atoms with Crippen LogP contribution in [0.1, 0.15) is 42.0 Å². The molecule has 0 fully saturated rings. The molecule has 0 aliphatic carbocycles. The first kappa shape index (κ1) is 14.4. The van der Waals surface area contributed by atoms with Gasteiger partial charge < -0.3 is 4.74 Å². The number of carbonyl (C=O) groups excluding carboxylic acids is 2. The molecular formula is C14H19NO3. The van der Waals surface area contributed by atoms with Crippen LogP contribution in [0.3, 0.4) is 0 Å². The van der Waals surface area contributed by atoms with E-state index in [1.165, 1.54) is 0 Å². The highest BCUT2D eigenvalue weighted by Gasteiger charge is 2.27. The van der Waals surface area contributed by atoms with E-state index in [1.54, 1.807) is 26.0 Å². The van der Waals surface area contributed by atoms with E-state index in [9.17, 15) is 9.59 Å². The van der Waals surface area contributed by atoms with Crippen LogP contribution in [0.4, 0.5) is 0 Å². The van der Waals surface area contributed by atoms with Crippen LogP contribution in [0.25, 0.3) is 0 Å². The number of ketones is 1. The zero-order valence-corrected chi connectivity index (χ0v) is 11.3. The molecule has 1 aromatic rings. The Hall–Kier alpha value is -1.71. The molecule has 98 valence electrons. The Kier molecular flexibility index (Phi) is 5.01. The molecule has 1 heterocycles. The van der Waals surface area contributed by atoms with Gasteiger partial charge in [-0.1, -0.05) is 6.92 Å². The normalized spacial score (nSPS) is 12.0. The molecule has 0 aromatic carbocycles. The van der Waals surface area contributed by atoms with Gasteiger partial charge in [-0.25, -0.2) is 0 Å². The fraction of sp³-hybridized carbons (Fsp3) is 0.500. The van der Waals surface area contributed by atoms with Crippen LogP contribution in [0, 0.1) is 19.8 Å². The molecule has 4 nitrogen and oxygen atoms in total. The second kappa shape index (κ2) is 6.28. The average Bonchev–Trinajstić information content (AvgIpc) is 2.28. The van der Waals surface area contributed by atoms with Crippen LogP contribution >= 0.6 is 0 Å². The molecule has 1 atom stereocenters. The Morgan fingerprint density at radius 2 is 1.78 bits per heavy atom. The highest BCUT2D eigenvalue weighted by atomic mass is 16.5. The number of hydrogen-bond acceptors (Lipinski definition) is 4. The third-order valence-corrected chi connectivity index (χ3v) is 2.66. The van der Waals surface area contributed by atoms with Gasteiger partial charge in [-0.3, -0.25) is 14.6 Å². The maximum Gasteiger partial charge on any atom is 0.316 e. The highest BCUT2D eigenvalue weighted by molar-refractivity contribution is 6.08. The molecule has 0 saturated heterocycles. The van der Waals surface area contributed by atoms with Crippen molar-refractivity contribution >= 4 is 11.8 Å². The second-order valence-electron chi connectivity index (χ2n) is 4.22. The first-order valence-corrected chi connectivity index (χ1v) is 6.15. The number of nitrogens with zero attached hydrogens (tertiary/aromatic N) is 1. The topological polar surface area (TPSA) is 56.3 Å². The van der Waals surface area contributed by atoms with E-state index in [0.717, 1.165) is 11.4 Å². The Labute approximate surface area is 107 Å². The van der Waals surface area contributed by atoms with Gasteiger partial charge in [-0.15, -0.1) is 0 Å². The van der Waals surface area contributed by atoms with Crippen molar-refractivity contribution in [1.82, 2.24) is 4.98 Å². The summed E-state index contributed by atoms with van der Waals surface area (Å²) in [5.74, 6) is -1.35. The van der Waals surface area contributed by atoms with E-state index in [2.05, 4.69) is 4.98 Å². The lowest BCUT2D eigenvalue weighted by Crippen LogP contribution is -2.26. The van der Waals surface area contributed by atoms with Gasteiger partial charge in [0.1, 0.15) is 5.92 Å². The Bertz CT molecular complexity index is 434. The smallest absolute Gasteiger partial charge is 0.316 e. The predicted octanol–water partition coefficient (Wildman–Crippen LogP) is 2.47. The van der Waals surface area contributed by atoms with Gasteiger partial charge in [0.05, 0.1) is 6.61 Å². The number of rotatable bonds is 5. The van der Waals surface area contributed by atoms with E-state index in [1.807, 2.05) is 13.8 Å². The molecule has 0 bridgehead atoms. The monoisotopic (exact) mass is 249 g/mol. The summed E-state index contributed by atoms with van der Waals surface area (Å²) in [6, 6.07) is 3.41. The largest absolute Gasteiger partial charge is 0.465 e. The quantitative estimate of drug-likeness (QED) is 0.457. The number of Topliss-reactive ketones (excluding diaryl/α,β-unsaturated/α-hetero) is 1. The van der Waals surface area contributed by atoms with Crippen molar-refractivity contribution in [1.29, 1.82) is 0 Å². The third-order valence-electron chi connectivity index (χ3n) is 2.66. The Morgan fingerprint density at radius 1 is 1.22 bits per heavy atom. The molecule has 18 heavy (non-hydrogen) atoms. The second-order valence-corrected chi connectivity index (χ2v) is 4.22. The van der Waals surface area contributed by atoms with Crippen molar-refractivity contribution in [3.63, 3.8) is 0 Å². The van der Waals surface area contributed by atoms with Gasteiger partial charge >= 0.3 is 5.97 Å². The number of carbonyl (C=O) groups is 2. The van der Waals surface area contributed by atoms with Gasteiger partial charge in [0, 0.05) is 17.0 Å². The minimum Gasteiger partial charge on any atom is -0.465 e. The highest BCUT2D eigenvalue weighted by Crippen LogP contribution is 2.16. The van der Waals surface area contributed by atoms with E-state index in [-0.39, 0.29) is 12.4 Å². The predicted molar refractivity (Wildman–Crippen MR) is 68.5 cm³/mol. The maximum absolute atomic E-state index is 12.3. The lowest BCUT2D eigenvalue weighted by Gasteiger charge is -2.13. The first-order valence-electron chi connectivity index (χ1n) is 6.15. The molecule has 0 amide bonds. The summed E-state index contributed by atoms with van der Waals surface area (Å²) >= 11 is 0. The van der Waals surface area contributed by atoms with Gasteiger partial charge in [0.2, 0.25) is 0 Å². The molecule has 4 heteroatoms. The van der Waals surface area contributed by atoms with Crippen LogP contribution < -0.4 is 0 Å². The number of esters is 1. The summed E-state index contributed by atoms with van der Waals surface area (Å²) in [4.78, 5) is 28.2. The van der Waals surface area contributed by atoms with Crippen LogP contribution in [-0.2, 0) is 9.53 Å². The molecule has 0 radical (unpaired) electrons. The van der Waals surface area contributed by atoms with Crippen molar-refractivity contribution in [2.75, 3.05) is 6.61 Å². The van der Waals surface area contributed by atoms with Crippen molar-refractivity contribution in [3.8, 4) is 0 Å². The first-order chi connectivity index (χ1) is 8.49. The van der Waals surface area contributed by atoms with Crippen LogP contribution in [0.5, 0.6) is 0 Å². The standard InChI is InChI=1S/C14H19NO3/c1-5-12(14(17)18-6-2)13(16)11-7-9(3)15-10(4)8-11/h7-8,12H,5-6H2,1-4H3. The van der Waals surface area contributed by atoms with Crippen LogP contribution in [0.2, 0.25) is 0 Å². The van der Waals surface area contributed by atoms with E-state index >= 15 is 0 Å². The number of aryl methyl sites for hydroxylation is 2. The van der Waals surface area contributed by atoms with Crippen LogP contribution in [0.15, 0.2) is 12.1 Å². The number of hydrogen-bond donors (Lipinski definition) is 0. The van der Waals surface area contributed by atoms with E-state index < -0.39 is 11.9 Å². The summed E-state index contributed by atoms with van der Waals surface area (Å²) < 4.78 is 4.92. The van der Waals surface area contributed by atoms with E-state index in [0.29, 0.717) is 12.0 Å². The minimum absolute atomic E-state index is 0.190. The Morgan fingerprint density at radius 3 is 2.22 bits per heavy atom. The molecular weight excluding hydrogens is 230 g/mol. The molecule has 1 rings (SSSR count). The molecule has 0 aliphatic heterocycles. The van der Waals surface area contributed by atoms with Crippen molar-refractivity contribution in [3.05, 3.63) is 29.1 Å². The SMILES string of the molecule is CCOC(=O)C(CC)C(=O)c1cc(C)nc(C)c1. The molecule has 0 spiro atoms. The average molecular weight is 249 g/mol. The van der Waals surface area contributed by atoms with Crippen molar-refractivity contribution in [2.24, 2.45) is 5.92 Å². The lowest BCUT2D eigenvalue weighted by molar-refractivity contribution is -0.146. The van der Waals surface area contributed by atoms with Crippen molar-refractivity contribution < 1.29 is 14.3 Å². The molecule has 0 aliphatic rings. The summed E-state index contributed by atoms with van der Waals surface area (Å²) in [7, 11) is 0. The summed E-state index contributed by atoms with van der Waals surface area (Å²) in [6.45, 7) is 7.48. The Balaban J connectivity index is 2.99. The fourth-order valence-corrected chi connectivity index (χ4v) is 1.88. The minimum atomic E-state index is -0.717. The van der Waals surface area contributed by atoms with Crippen LogP contribution in [-0.4, -0.2) is 23.3 Å². The molecule has 1 unspecified atom stereocenters. The third kappa shape index (κ3) is 3.39. The van der Waals surface area contributed by atoms with Gasteiger partial charge in [-0.2, -0.15) is 0 Å². The summed E-state index contributed by atoms with van der Waals surface area (Å²) in [5.41, 5.74) is 2.08. The summed E-state index contributed by atoms with van der Waals surface area (Å²) in [5, 5.41) is 0. The number of pyridine rings is 1. The van der Waals surface area contributed by atoms with Gasteiger partial charge in [0.15, 0.2) is 5.78 Å². The fourth-order valence-electron chi connectivity index (χ4n) is 1.88. The van der Waals surface area contributed by atoms with Crippen molar-refractivity contribution in [2.45, 2.75) is 34.1 Å². The maximum atomic E-state index is 12.3. The zero-order chi connectivity index (χ0) is 13.7. The lowest BCUT2D eigenvalue weighted by atomic mass is 9.95. The number of aromatic nitrogens is 1. The van der Waals surface area contributed by atoms with Gasteiger partial charge in [0.25, 0.3) is 0 Å². The van der Waals surface area contributed by atoms with E-state index in [4.69, 9.17) is 4.74 Å². The number of ether oxygens (including phenoxy) is 1. The summed E-state index contributed by atoms with van der Waals surface area (Å²) in [6.07, 6.45) is 0.443.